The molecule has 1 aliphatic heterocycles. The molecule has 1 aromatic rings. The van der Waals surface area contributed by atoms with Crippen molar-refractivity contribution in [1.82, 2.24) is 5.16 Å². The molecule has 0 unspecified atom stereocenters. The molecule has 1 aliphatic rings. The molecule has 1 aromatic heterocycles. The van der Waals surface area contributed by atoms with E-state index in [1.54, 1.807) is 12.3 Å². The second kappa shape index (κ2) is 2.89. The lowest BCUT2D eigenvalue weighted by Crippen LogP contribution is -1.97. The average Bonchev–Trinajstić information content (AvgIpc) is 2.54. The highest BCUT2D eigenvalue weighted by atomic mass is 16.5. The minimum Gasteiger partial charge on any atom is -0.501 e. The van der Waals surface area contributed by atoms with Crippen LogP contribution >= 0.6 is 0 Å². The van der Waals surface area contributed by atoms with E-state index >= 15 is 0 Å². The monoisotopic (exact) mass is 166 g/mol. The molecular formula is C8H10N2O2. The normalized spacial score (nSPS) is 16.8. The number of anilines is 1. The van der Waals surface area contributed by atoms with E-state index < -0.39 is 0 Å². The highest BCUT2D eigenvalue weighted by Crippen LogP contribution is 2.24. The number of nitrogens with zero attached hydrogens (tertiary/aromatic N) is 1. The zero-order valence-electron chi connectivity index (χ0n) is 6.62. The molecule has 12 heavy (non-hydrogen) atoms. The lowest BCUT2D eigenvalue weighted by molar-refractivity contribution is 0.233. The first-order chi connectivity index (χ1) is 5.86. The van der Waals surface area contributed by atoms with Crippen LogP contribution in [0.2, 0.25) is 0 Å². The Morgan fingerprint density at radius 1 is 1.50 bits per heavy atom. The van der Waals surface area contributed by atoms with E-state index in [1.807, 2.05) is 0 Å². The van der Waals surface area contributed by atoms with Crippen LogP contribution < -0.4 is 5.73 Å². The first-order valence-electron chi connectivity index (χ1n) is 3.89. The number of hydrogen-bond donors (Lipinski definition) is 1. The van der Waals surface area contributed by atoms with Crippen molar-refractivity contribution in [1.29, 1.82) is 0 Å². The second-order valence-corrected chi connectivity index (χ2v) is 2.73. The van der Waals surface area contributed by atoms with Gasteiger partial charge in [-0.1, -0.05) is 5.16 Å². The quantitative estimate of drug-likeness (QED) is 0.685. The molecule has 0 radical (unpaired) electrons. The van der Waals surface area contributed by atoms with Gasteiger partial charge in [0.15, 0.2) is 11.6 Å². The summed E-state index contributed by atoms with van der Waals surface area (Å²) in [4.78, 5) is 0. The van der Waals surface area contributed by atoms with Crippen LogP contribution in [0.5, 0.6) is 0 Å². The molecule has 2 rings (SSSR count). The third-order valence-electron chi connectivity index (χ3n) is 1.78. The fraction of sp³-hybridized carbons (Fsp3) is 0.375. The number of rotatable bonds is 1. The van der Waals surface area contributed by atoms with Crippen molar-refractivity contribution in [3.05, 3.63) is 18.1 Å². The van der Waals surface area contributed by atoms with Crippen LogP contribution in [-0.2, 0) is 4.74 Å². The van der Waals surface area contributed by atoms with E-state index in [9.17, 15) is 0 Å². The average molecular weight is 166 g/mol. The molecule has 2 N–H and O–H groups in total. The lowest BCUT2D eigenvalue weighted by atomic mass is 10.1. The molecule has 4 nitrogen and oxygen atoms in total. The molecule has 0 saturated heterocycles. The standard InChI is InChI=1S/C8H10N2O2/c9-8-4-7(12-10-8)6-2-1-3-11-5-6/h4-5H,1-3H2,(H2,9,10). The number of nitrogens with two attached hydrogens (primary N) is 1. The molecule has 0 saturated carbocycles. The zero-order chi connectivity index (χ0) is 8.39. The van der Waals surface area contributed by atoms with Gasteiger partial charge in [-0.15, -0.1) is 0 Å². The van der Waals surface area contributed by atoms with E-state index in [2.05, 4.69) is 5.16 Å². The first-order valence-corrected chi connectivity index (χ1v) is 3.89. The van der Waals surface area contributed by atoms with Crippen molar-refractivity contribution in [3.8, 4) is 0 Å². The Bertz CT molecular complexity index is 304. The Labute approximate surface area is 70.0 Å². The summed E-state index contributed by atoms with van der Waals surface area (Å²) in [7, 11) is 0. The molecule has 0 amide bonds. The highest BCUT2D eigenvalue weighted by molar-refractivity contribution is 5.62. The second-order valence-electron chi connectivity index (χ2n) is 2.73. The van der Waals surface area contributed by atoms with Gasteiger partial charge in [0.2, 0.25) is 0 Å². The van der Waals surface area contributed by atoms with Crippen LogP contribution in [0.4, 0.5) is 5.82 Å². The van der Waals surface area contributed by atoms with Gasteiger partial charge in [-0.2, -0.15) is 0 Å². The maximum absolute atomic E-state index is 5.41. The first kappa shape index (κ1) is 7.21. The summed E-state index contributed by atoms with van der Waals surface area (Å²) in [5.41, 5.74) is 6.45. The molecule has 0 aromatic carbocycles. The molecule has 0 atom stereocenters. The van der Waals surface area contributed by atoms with Gasteiger partial charge in [-0.05, 0) is 12.8 Å². The summed E-state index contributed by atoms with van der Waals surface area (Å²) in [5.74, 6) is 1.13. The van der Waals surface area contributed by atoms with E-state index in [0.717, 1.165) is 25.0 Å². The number of allylic oxidation sites excluding steroid dienone is 1. The summed E-state index contributed by atoms with van der Waals surface area (Å²) < 4.78 is 10.1. The third-order valence-corrected chi connectivity index (χ3v) is 1.78. The van der Waals surface area contributed by atoms with Gasteiger partial charge in [-0.3, -0.25) is 0 Å². The Morgan fingerprint density at radius 3 is 3.00 bits per heavy atom. The van der Waals surface area contributed by atoms with Gasteiger partial charge >= 0.3 is 0 Å². The molecule has 2 heterocycles. The van der Waals surface area contributed by atoms with Gasteiger partial charge < -0.3 is 15.0 Å². The van der Waals surface area contributed by atoms with Crippen molar-refractivity contribution in [3.63, 3.8) is 0 Å². The maximum atomic E-state index is 5.41. The molecule has 0 aliphatic carbocycles. The summed E-state index contributed by atoms with van der Waals surface area (Å²) in [6.45, 7) is 0.785. The fourth-order valence-electron chi connectivity index (χ4n) is 1.19. The Hall–Kier alpha value is -1.45. The molecule has 64 valence electrons. The summed E-state index contributed by atoms with van der Waals surface area (Å²) in [5, 5.41) is 3.60. The van der Waals surface area contributed by atoms with Crippen LogP contribution in [0, 0.1) is 0 Å². The molecule has 0 spiro atoms. The maximum Gasteiger partial charge on any atom is 0.168 e. The van der Waals surface area contributed by atoms with E-state index in [4.69, 9.17) is 15.0 Å². The number of nitrogen functional groups attached to an aromatic ring is 1. The van der Waals surface area contributed by atoms with E-state index in [0.29, 0.717) is 11.6 Å². The third kappa shape index (κ3) is 1.28. The molecule has 0 bridgehead atoms. The van der Waals surface area contributed by atoms with Gasteiger partial charge in [-0.25, -0.2) is 0 Å². The molecular weight excluding hydrogens is 156 g/mol. The Balaban J connectivity index is 2.23. The minimum absolute atomic E-state index is 0.413. The smallest absolute Gasteiger partial charge is 0.168 e. The molecule has 0 fully saturated rings. The van der Waals surface area contributed by atoms with Gasteiger partial charge in [0.25, 0.3) is 0 Å². The van der Waals surface area contributed by atoms with Gasteiger partial charge in [0, 0.05) is 11.6 Å². The van der Waals surface area contributed by atoms with Crippen molar-refractivity contribution in [2.24, 2.45) is 0 Å². The zero-order valence-corrected chi connectivity index (χ0v) is 6.62. The van der Waals surface area contributed by atoms with Crippen molar-refractivity contribution >= 4 is 11.4 Å². The molecule has 4 heteroatoms. The summed E-state index contributed by atoms with van der Waals surface area (Å²) in [6, 6.07) is 1.71. The van der Waals surface area contributed by atoms with E-state index in [-0.39, 0.29) is 0 Å². The van der Waals surface area contributed by atoms with E-state index in [1.165, 1.54) is 0 Å². The van der Waals surface area contributed by atoms with Crippen molar-refractivity contribution < 1.29 is 9.26 Å². The lowest BCUT2D eigenvalue weighted by Gasteiger charge is -2.10. The summed E-state index contributed by atoms with van der Waals surface area (Å²) >= 11 is 0. The largest absolute Gasteiger partial charge is 0.501 e. The minimum atomic E-state index is 0.413. The van der Waals surface area contributed by atoms with Crippen LogP contribution in [-0.4, -0.2) is 11.8 Å². The fourth-order valence-corrected chi connectivity index (χ4v) is 1.19. The predicted octanol–water partition coefficient (Wildman–Crippen LogP) is 1.41. The Morgan fingerprint density at radius 2 is 2.42 bits per heavy atom. The topological polar surface area (TPSA) is 61.3 Å². The number of hydrogen-bond acceptors (Lipinski definition) is 4. The predicted molar refractivity (Wildman–Crippen MR) is 44.1 cm³/mol. The van der Waals surface area contributed by atoms with Crippen molar-refractivity contribution in [2.45, 2.75) is 12.8 Å². The van der Waals surface area contributed by atoms with Crippen LogP contribution in [0.3, 0.4) is 0 Å². The van der Waals surface area contributed by atoms with Gasteiger partial charge in [0.1, 0.15) is 0 Å². The van der Waals surface area contributed by atoms with Crippen LogP contribution in [0.25, 0.3) is 5.57 Å². The number of aromatic nitrogens is 1. The van der Waals surface area contributed by atoms with Crippen LogP contribution in [0.15, 0.2) is 16.9 Å². The summed E-state index contributed by atoms with van der Waals surface area (Å²) in [6.07, 6.45) is 3.70. The SMILES string of the molecule is Nc1cc(C2=COCCC2)on1. The highest BCUT2D eigenvalue weighted by Gasteiger charge is 2.11. The van der Waals surface area contributed by atoms with Gasteiger partial charge in [0.05, 0.1) is 12.9 Å². The van der Waals surface area contributed by atoms with Crippen LogP contribution in [0.1, 0.15) is 18.6 Å². The van der Waals surface area contributed by atoms with Crippen molar-refractivity contribution in [2.75, 3.05) is 12.3 Å². The number of ether oxygens (including phenoxy) is 1. The Kier molecular flexibility index (Phi) is 1.74.